The van der Waals surface area contributed by atoms with Crippen molar-refractivity contribution in [3.05, 3.63) is 41.2 Å². The van der Waals surface area contributed by atoms with Crippen molar-refractivity contribution in [1.29, 1.82) is 0 Å². The van der Waals surface area contributed by atoms with Crippen LogP contribution in [0.4, 0.5) is 5.13 Å². The summed E-state index contributed by atoms with van der Waals surface area (Å²) in [6, 6.07) is 3.70. The van der Waals surface area contributed by atoms with Gasteiger partial charge in [-0.1, -0.05) is 0 Å². The molecule has 0 radical (unpaired) electrons. The van der Waals surface area contributed by atoms with Crippen LogP contribution < -0.4 is 5.32 Å². The van der Waals surface area contributed by atoms with Gasteiger partial charge in [-0.15, -0.1) is 11.3 Å². The Kier molecular flexibility index (Phi) is 3.80. The monoisotopic (exact) mass is 328 g/mol. The van der Waals surface area contributed by atoms with E-state index in [0.29, 0.717) is 22.3 Å². The smallest absolute Gasteiger partial charge is 0.259 e. The van der Waals surface area contributed by atoms with Gasteiger partial charge in [0.05, 0.1) is 11.3 Å². The van der Waals surface area contributed by atoms with Crippen molar-refractivity contribution < 1.29 is 9.53 Å². The molecule has 3 aromatic rings. The maximum absolute atomic E-state index is 12.5. The van der Waals surface area contributed by atoms with E-state index in [1.165, 1.54) is 11.3 Å². The highest BCUT2D eigenvalue weighted by Crippen LogP contribution is 2.29. The summed E-state index contributed by atoms with van der Waals surface area (Å²) < 4.78 is 5.38. The van der Waals surface area contributed by atoms with E-state index in [1.807, 2.05) is 17.5 Å². The highest BCUT2D eigenvalue weighted by molar-refractivity contribution is 7.14. The van der Waals surface area contributed by atoms with Gasteiger partial charge < -0.3 is 9.72 Å². The minimum atomic E-state index is -0.169. The Hall–Kier alpha value is -2.25. The van der Waals surface area contributed by atoms with E-state index >= 15 is 0 Å². The summed E-state index contributed by atoms with van der Waals surface area (Å²) in [5, 5.41) is 6.36. The van der Waals surface area contributed by atoms with E-state index in [9.17, 15) is 4.79 Å². The van der Waals surface area contributed by atoms with Gasteiger partial charge in [-0.05, 0) is 25.0 Å². The summed E-state index contributed by atoms with van der Waals surface area (Å²) >= 11 is 1.46. The third-order valence-corrected chi connectivity index (χ3v) is 4.85. The van der Waals surface area contributed by atoms with Gasteiger partial charge >= 0.3 is 0 Å². The molecule has 23 heavy (non-hydrogen) atoms. The minimum absolute atomic E-state index is 0.169. The number of aromatic nitrogens is 3. The van der Waals surface area contributed by atoms with Gasteiger partial charge in [0.25, 0.3) is 5.91 Å². The molecule has 4 rings (SSSR count). The average Bonchev–Trinajstić information content (AvgIpc) is 3.22. The number of nitrogens with zero attached hydrogens (tertiary/aromatic N) is 2. The molecule has 0 aromatic carbocycles. The Morgan fingerprint density at radius 1 is 1.39 bits per heavy atom. The van der Waals surface area contributed by atoms with Crippen LogP contribution in [0.25, 0.3) is 11.0 Å². The van der Waals surface area contributed by atoms with E-state index in [1.54, 1.807) is 12.4 Å². The van der Waals surface area contributed by atoms with Crippen LogP contribution in [0.5, 0.6) is 0 Å². The number of nitrogens with one attached hydrogen (secondary N) is 2. The van der Waals surface area contributed by atoms with Gasteiger partial charge in [0, 0.05) is 42.3 Å². The molecule has 0 saturated carbocycles. The normalized spacial score (nSPS) is 15.8. The second kappa shape index (κ2) is 6.10. The quantitative estimate of drug-likeness (QED) is 0.774. The minimum Gasteiger partial charge on any atom is -0.381 e. The van der Waals surface area contributed by atoms with E-state index in [0.717, 1.165) is 37.1 Å². The maximum atomic E-state index is 12.5. The average molecular weight is 328 g/mol. The fraction of sp³-hybridized carbons (Fsp3) is 0.312. The Labute approximate surface area is 136 Å². The van der Waals surface area contributed by atoms with Crippen molar-refractivity contribution in [2.24, 2.45) is 0 Å². The van der Waals surface area contributed by atoms with Crippen LogP contribution in [0, 0.1) is 0 Å². The number of carbonyl (C=O) groups excluding carboxylic acids is 1. The first kappa shape index (κ1) is 14.3. The topological polar surface area (TPSA) is 79.9 Å². The molecule has 1 saturated heterocycles. The molecule has 6 nitrogen and oxygen atoms in total. The number of pyridine rings is 1. The number of fused-ring (bicyclic) bond motifs is 1. The first-order valence-electron chi connectivity index (χ1n) is 7.58. The lowest BCUT2D eigenvalue weighted by atomic mass is 9.98. The van der Waals surface area contributed by atoms with Gasteiger partial charge in [-0.3, -0.25) is 10.1 Å². The maximum Gasteiger partial charge on any atom is 0.259 e. The Morgan fingerprint density at radius 2 is 2.26 bits per heavy atom. The molecule has 3 aromatic heterocycles. The molecule has 2 N–H and O–H groups in total. The van der Waals surface area contributed by atoms with E-state index in [4.69, 9.17) is 4.74 Å². The fourth-order valence-electron chi connectivity index (χ4n) is 2.83. The van der Waals surface area contributed by atoms with Crippen molar-refractivity contribution in [1.82, 2.24) is 15.0 Å². The van der Waals surface area contributed by atoms with Crippen molar-refractivity contribution in [3.63, 3.8) is 0 Å². The molecular weight excluding hydrogens is 312 g/mol. The lowest BCUT2D eigenvalue weighted by molar-refractivity contribution is 0.0846. The molecule has 1 fully saturated rings. The van der Waals surface area contributed by atoms with Crippen LogP contribution in [0.3, 0.4) is 0 Å². The number of rotatable bonds is 3. The predicted molar refractivity (Wildman–Crippen MR) is 89.0 cm³/mol. The first-order valence-corrected chi connectivity index (χ1v) is 8.46. The Bertz CT molecular complexity index is 835. The Morgan fingerprint density at radius 3 is 3.13 bits per heavy atom. The second-order valence-electron chi connectivity index (χ2n) is 5.52. The Balaban J connectivity index is 1.51. The summed E-state index contributed by atoms with van der Waals surface area (Å²) in [7, 11) is 0. The fourth-order valence-corrected chi connectivity index (χ4v) is 3.62. The van der Waals surface area contributed by atoms with E-state index in [-0.39, 0.29) is 5.91 Å². The van der Waals surface area contributed by atoms with Crippen LogP contribution in [0.1, 0.15) is 34.8 Å². The largest absolute Gasteiger partial charge is 0.381 e. The van der Waals surface area contributed by atoms with Crippen LogP contribution in [-0.4, -0.2) is 34.1 Å². The molecule has 0 unspecified atom stereocenters. The zero-order valence-electron chi connectivity index (χ0n) is 12.4. The highest BCUT2D eigenvalue weighted by atomic mass is 32.1. The van der Waals surface area contributed by atoms with Gasteiger partial charge in [0.2, 0.25) is 0 Å². The molecule has 0 aliphatic carbocycles. The molecule has 1 aliphatic heterocycles. The van der Waals surface area contributed by atoms with Crippen molar-refractivity contribution in [3.8, 4) is 0 Å². The standard InChI is InChI=1S/C16H16N4O2S/c21-15(12-8-18-14-11(12)2-1-5-17-14)20-16-19-13(9-23-16)10-3-6-22-7-4-10/h1-2,5,8-10H,3-4,6-7H2,(H,17,18)(H,19,20,21). The van der Waals surface area contributed by atoms with Crippen LogP contribution in [-0.2, 0) is 4.74 Å². The molecule has 0 spiro atoms. The van der Waals surface area contributed by atoms with Crippen molar-refractivity contribution in [2.75, 3.05) is 18.5 Å². The number of anilines is 1. The number of hydrogen-bond acceptors (Lipinski definition) is 5. The molecule has 1 aliphatic rings. The number of carbonyl (C=O) groups is 1. The number of amides is 1. The molecule has 118 valence electrons. The lowest BCUT2D eigenvalue weighted by Gasteiger charge is -2.19. The number of ether oxygens (including phenoxy) is 1. The lowest BCUT2D eigenvalue weighted by Crippen LogP contribution is -2.15. The van der Waals surface area contributed by atoms with Gasteiger partial charge in [-0.2, -0.15) is 0 Å². The number of aromatic amines is 1. The van der Waals surface area contributed by atoms with Gasteiger partial charge in [0.1, 0.15) is 5.65 Å². The van der Waals surface area contributed by atoms with Crippen LogP contribution >= 0.6 is 11.3 Å². The number of H-pyrrole nitrogens is 1. The van der Waals surface area contributed by atoms with E-state index in [2.05, 4.69) is 20.3 Å². The van der Waals surface area contributed by atoms with Crippen LogP contribution in [0.15, 0.2) is 29.9 Å². The summed E-state index contributed by atoms with van der Waals surface area (Å²) in [6.45, 7) is 1.57. The SMILES string of the molecule is O=C(Nc1nc(C2CCOCC2)cs1)c1c[nH]c2ncccc12. The second-order valence-corrected chi connectivity index (χ2v) is 6.38. The van der Waals surface area contributed by atoms with E-state index < -0.39 is 0 Å². The zero-order valence-corrected chi connectivity index (χ0v) is 13.2. The number of thiazole rings is 1. The third kappa shape index (κ3) is 2.85. The molecule has 1 amide bonds. The molecule has 4 heterocycles. The molecule has 7 heteroatoms. The van der Waals surface area contributed by atoms with Gasteiger partial charge in [0.15, 0.2) is 5.13 Å². The summed E-state index contributed by atoms with van der Waals surface area (Å²) in [4.78, 5) is 24.2. The number of hydrogen-bond donors (Lipinski definition) is 2. The first-order chi connectivity index (χ1) is 11.3. The molecule has 0 bridgehead atoms. The summed E-state index contributed by atoms with van der Waals surface area (Å²) in [6.07, 6.45) is 5.36. The molecule has 0 atom stereocenters. The third-order valence-electron chi connectivity index (χ3n) is 4.08. The summed E-state index contributed by atoms with van der Waals surface area (Å²) in [5.74, 6) is 0.264. The van der Waals surface area contributed by atoms with Crippen molar-refractivity contribution in [2.45, 2.75) is 18.8 Å². The van der Waals surface area contributed by atoms with Gasteiger partial charge in [-0.25, -0.2) is 9.97 Å². The molecular formula is C16H16N4O2S. The van der Waals surface area contributed by atoms with Crippen molar-refractivity contribution >= 4 is 33.4 Å². The predicted octanol–water partition coefficient (Wildman–Crippen LogP) is 3.17. The highest BCUT2D eigenvalue weighted by Gasteiger charge is 2.20. The van der Waals surface area contributed by atoms with Crippen LogP contribution in [0.2, 0.25) is 0 Å². The summed E-state index contributed by atoms with van der Waals surface area (Å²) in [5.41, 5.74) is 2.34. The zero-order chi connectivity index (χ0) is 15.6.